The number of H-pyrrole nitrogens is 1. The van der Waals surface area contributed by atoms with Gasteiger partial charge in [0.25, 0.3) is 0 Å². The van der Waals surface area contributed by atoms with Crippen molar-refractivity contribution < 1.29 is 9.59 Å². The van der Waals surface area contributed by atoms with Gasteiger partial charge in [-0.3, -0.25) is 14.7 Å². The third kappa shape index (κ3) is 3.06. The lowest BCUT2D eigenvalue weighted by atomic mass is 10.1. The minimum atomic E-state index is -0.201. The van der Waals surface area contributed by atoms with Crippen LogP contribution in [0.2, 0.25) is 0 Å². The van der Waals surface area contributed by atoms with Gasteiger partial charge in [-0.05, 0) is 6.42 Å². The molecule has 0 spiro atoms. The normalized spacial score (nSPS) is 19.3. The molecule has 1 unspecified atom stereocenters. The zero-order valence-corrected chi connectivity index (χ0v) is 10.3. The van der Waals surface area contributed by atoms with E-state index in [9.17, 15) is 9.59 Å². The Morgan fingerprint density at radius 3 is 3.11 bits per heavy atom. The maximum atomic E-state index is 11.8. The average Bonchev–Trinajstić information content (AvgIpc) is 2.96. The van der Waals surface area contributed by atoms with E-state index in [1.54, 1.807) is 11.9 Å². The first-order chi connectivity index (χ1) is 8.66. The summed E-state index contributed by atoms with van der Waals surface area (Å²) in [7, 11) is 1.72. The van der Waals surface area contributed by atoms with Gasteiger partial charge in [0.2, 0.25) is 11.8 Å². The Labute approximate surface area is 105 Å². The van der Waals surface area contributed by atoms with Crippen LogP contribution in [0, 0.1) is 5.92 Å². The van der Waals surface area contributed by atoms with Crippen LogP contribution in [-0.4, -0.2) is 52.0 Å². The van der Waals surface area contributed by atoms with Crippen LogP contribution in [0.5, 0.6) is 0 Å². The Hall–Kier alpha value is -1.92. The van der Waals surface area contributed by atoms with Crippen LogP contribution in [0.15, 0.2) is 6.33 Å². The van der Waals surface area contributed by atoms with Gasteiger partial charge in [0.15, 0.2) is 0 Å². The van der Waals surface area contributed by atoms with Crippen molar-refractivity contribution in [3.8, 4) is 0 Å². The summed E-state index contributed by atoms with van der Waals surface area (Å²) in [4.78, 5) is 28.7. The lowest BCUT2D eigenvalue weighted by Gasteiger charge is -2.10. The zero-order chi connectivity index (χ0) is 13.0. The van der Waals surface area contributed by atoms with Gasteiger partial charge in [-0.1, -0.05) is 0 Å². The molecular formula is C11H17N5O2. The first-order valence-electron chi connectivity index (χ1n) is 6.02. The molecule has 1 aromatic rings. The monoisotopic (exact) mass is 251 g/mol. The van der Waals surface area contributed by atoms with Crippen molar-refractivity contribution in [3.63, 3.8) is 0 Å². The van der Waals surface area contributed by atoms with Crippen LogP contribution >= 0.6 is 0 Å². The molecule has 7 heteroatoms. The minimum Gasteiger partial charge on any atom is -0.356 e. The highest BCUT2D eigenvalue weighted by molar-refractivity contribution is 5.89. The van der Waals surface area contributed by atoms with E-state index in [0.29, 0.717) is 19.5 Å². The second-order valence-corrected chi connectivity index (χ2v) is 4.50. The molecule has 1 aliphatic heterocycles. The first-order valence-corrected chi connectivity index (χ1v) is 6.02. The summed E-state index contributed by atoms with van der Waals surface area (Å²) >= 11 is 0. The van der Waals surface area contributed by atoms with Gasteiger partial charge in [0.05, 0.1) is 5.92 Å². The number of rotatable bonds is 5. The molecule has 1 saturated heterocycles. The van der Waals surface area contributed by atoms with Crippen LogP contribution in [0.1, 0.15) is 18.7 Å². The van der Waals surface area contributed by atoms with Crippen LogP contribution in [0.4, 0.5) is 0 Å². The summed E-state index contributed by atoms with van der Waals surface area (Å²) in [5.74, 6) is 0.620. The molecule has 1 atom stereocenters. The lowest BCUT2D eigenvalue weighted by molar-refractivity contribution is -0.128. The molecule has 0 radical (unpaired) electrons. The predicted molar refractivity (Wildman–Crippen MR) is 63.5 cm³/mol. The Morgan fingerprint density at radius 1 is 1.67 bits per heavy atom. The molecule has 0 saturated carbocycles. The van der Waals surface area contributed by atoms with Crippen molar-refractivity contribution in [1.82, 2.24) is 25.4 Å². The summed E-state index contributed by atoms with van der Waals surface area (Å²) in [5.41, 5.74) is 0. The van der Waals surface area contributed by atoms with E-state index in [4.69, 9.17) is 0 Å². The second-order valence-electron chi connectivity index (χ2n) is 4.50. The molecule has 1 aliphatic rings. The van der Waals surface area contributed by atoms with Crippen molar-refractivity contribution in [2.45, 2.75) is 19.3 Å². The van der Waals surface area contributed by atoms with Gasteiger partial charge in [-0.15, -0.1) is 0 Å². The van der Waals surface area contributed by atoms with Crippen molar-refractivity contribution in [2.24, 2.45) is 5.92 Å². The number of aryl methyl sites for hydroxylation is 1. The summed E-state index contributed by atoms with van der Waals surface area (Å²) in [5, 5.41) is 9.36. The molecular weight excluding hydrogens is 234 g/mol. The Morgan fingerprint density at radius 2 is 2.50 bits per heavy atom. The Kier molecular flexibility index (Phi) is 3.91. The smallest absolute Gasteiger partial charge is 0.225 e. The van der Waals surface area contributed by atoms with E-state index >= 15 is 0 Å². The maximum absolute atomic E-state index is 11.8. The molecule has 0 aliphatic carbocycles. The van der Waals surface area contributed by atoms with Crippen molar-refractivity contribution in [2.75, 3.05) is 20.1 Å². The number of aromatic amines is 1. The molecule has 98 valence electrons. The van der Waals surface area contributed by atoms with E-state index in [0.717, 1.165) is 18.7 Å². The fourth-order valence-corrected chi connectivity index (χ4v) is 2.00. The van der Waals surface area contributed by atoms with E-state index < -0.39 is 0 Å². The summed E-state index contributed by atoms with van der Waals surface area (Å²) in [6.45, 7) is 1.11. The Bertz CT molecular complexity index is 417. The Balaban J connectivity index is 1.65. The highest BCUT2D eigenvalue weighted by atomic mass is 16.2. The summed E-state index contributed by atoms with van der Waals surface area (Å²) in [6, 6.07) is 0. The number of hydrogen-bond donors (Lipinski definition) is 2. The van der Waals surface area contributed by atoms with Crippen LogP contribution < -0.4 is 5.32 Å². The van der Waals surface area contributed by atoms with E-state index in [2.05, 4.69) is 20.5 Å². The van der Waals surface area contributed by atoms with Gasteiger partial charge < -0.3 is 10.2 Å². The molecule has 7 nitrogen and oxygen atoms in total. The van der Waals surface area contributed by atoms with Gasteiger partial charge in [-0.25, -0.2) is 4.98 Å². The highest BCUT2D eigenvalue weighted by Gasteiger charge is 2.31. The number of aromatic nitrogens is 3. The molecule has 2 amide bonds. The molecule has 1 fully saturated rings. The van der Waals surface area contributed by atoms with Gasteiger partial charge in [-0.2, -0.15) is 5.10 Å². The fourth-order valence-electron chi connectivity index (χ4n) is 2.00. The fraction of sp³-hybridized carbons (Fsp3) is 0.636. The van der Waals surface area contributed by atoms with Crippen molar-refractivity contribution in [1.29, 1.82) is 0 Å². The quantitative estimate of drug-likeness (QED) is 0.679. The molecule has 0 aromatic carbocycles. The number of carbonyl (C=O) groups is 2. The van der Waals surface area contributed by atoms with Crippen LogP contribution in [0.3, 0.4) is 0 Å². The van der Waals surface area contributed by atoms with Crippen LogP contribution in [-0.2, 0) is 16.0 Å². The third-order valence-corrected chi connectivity index (χ3v) is 3.07. The molecule has 2 N–H and O–H groups in total. The highest BCUT2D eigenvalue weighted by Crippen LogP contribution is 2.15. The minimum absolute atomic E-state index is 0.0368. The van der Waals surface area contributed by atoms with Gasteiger partial charge >= 0.3 is 0 Å². The lowest BCUT2D eigenvalue weighted by Crippen LogP contribution is -2.33. The standard InChI is InChI=1S/C11H17N5O2/c1-16-6-8(5-10(16)17)11(18)12-4-2-3-9-13-7-14-15-9/h7-8H,2-6H2,1H3,(H,12,18)(H,13,14,15). The largest absolute Gasteiger partial charge is 0.356 e. The third-order valence-electron chi connectivity index (χ3n) is 3.07. The number of carbonyl (C=O) groups excluding carboxylic acids is 2. The average molecular weight is 251 g/mol. The van der Waals surface area contributed by atoms with Gasteiger partial charge in [0, 0.05) is 33.0 Å². The molecule has 2 heterocycles. The molecule has 1 aromatic heterocycles. The van der Waals surface area contributed by atoms with E-state index in [1.807, 2.05) is 0 Å². The number of amides is 2. The summed E-state index contributed by atoms with van der Waals surface area (Å²) < 4.78 is 0. The molecule has 18 heavy (non-hydrogen) atoms. The van der Waals surface area contributed by atoms with E-state index in [1.165, 1.54) is 6.33 Å². The van der Waals surface area contributed by atoms with Crippen molar-refractivity contribution >= 4 is 11.8 Å². The van der Waals surface area contributed by atoms with Gasteiger partial charge in [0.1, 0.15) is 12.2 Å². The molecule has 2 rings (SSSR count). The second kappa shape index (κ2) is 5.61. The summed E-state index contributed by atoms with van der Waals surface area (Å²) in [6.07, 6.45) is 3.35. The zero-order valence-electron chi connectivity index (χ0n) is 10.3. The van der Waals surface area contributed by atoms with E-state index in [-0.39, 0.29) is 17.7 Å². The van der Waals surface area contributed by atoms with Crippen LogP contribution in [0.25, 0.3) is 0 Å². The number of nitrogens with one attached hydrogen (secondary N) is 2. The SMILES string of the molecule is CN1CC(C(=O)NCCCc2ncn[nH]2)CC1=O. The maximum Gasteiger partial charge on any atom is 0.225 e. The van der Waals surface area contributed by atoms with Crippen molar-refractivity contribution in [3.05, 3.63) is 12.2 Å². The predicted octanol–water partition coefficient (Wildman–Crippen LogP) is -0.668. The number of hydrogen-bond acceptors (Lipinski definition) is 4. The first kappa shape index (κ1) is 12.5. The number of likely N-dealkylation sites (tertiary alicyclic amines) is 1. The topological polar surface area (TPSA) is 91.0 Å². The number of nitrogens with zero attached hydrogens (tertiary/aromatic N) is 3. The molecule has 0 bridgehead atoms.